The van der Waals surface area contributed by atoms with E-state index < -0.39 is 10.0 Å². The summed E-state index contributed by atoms with van der Waals surface area (Å²) in [5.41, 5.74) is 1.90. The smallest absolute Gasteiger partial charge is 0.243 e. The summed E-state index contributed by atoms with van der Waals surface area (Å²) in [6, 6.07) is 16.0. The second kappa shape index (κ2) is 7.87. The summed E-state index contributed by atoms with van der Waals surface area (Å²) in [4.78, 5) is 11.2. The van der Waals surface area contributed by atoms with E-state index in [2.05, 4.69) is 9.97 Å². The minimum absolute atomic E-state index is 0.326. The summed E-state index contributed by atoms with van der Waals surface area (Å²) in [6.45, 7) is 1.90. The van der Waals surface area contributed by atoms with Gasteiger partial charge in [0, 0.05) is 49.2 Å². The van der Waals surface area contributed by atoms with Gasteiger partial charge in [0.2, 0.25) is 16.0 Å². The Morgan fingerprint density at radius 3 is 2.00 bits per heavy atom. The maximum atomic E-state index is 12.7. The number of rotatable bonds is 4. The fourth-order valence-corrected chi connectivity index (χ4v) is 4.72. The largest absolute Gasteiger partial charge is 0.338 e. The van der Waals surface area contributed by atoms with Crippen LogP contribution < -0.4 is 4.90 Å². The maximum absolute atomic E-state index is 12.7. The quantitative estimate of drug-likeness (QED) is 0.655. The van der Waals surface area contributed by atoms with Crippen molar-refractivity contribution in [1.82, 2.24) is 14.3 Å². The number of hydrogen-bond acceptors (Lipinski definition) is 5. The van der Waals surface area contributed by atoms with Crippen molar-refractivity contribution in [2.75, 3.05) is 31.1 Å². The predicted octanol–water partition coefficient (Wildman–Crippen LogP) is 3.31. The van der Waals surface area contributed by atoms with E-state index in [0.29, 0.717) is 42.0 Å². The van der Waals surface area contributed by atoms with Gasteiger partial charge in [0.05, 0.1) is 4.90 Å². The number of nitrogens with zero attached hydrogens (tertiary/aromatic N) is 4. The Morgan fingerprint density at radius 1 is 0.786 bits per heavy atom. The van der Waals surface area contributed by atoms with Crippen molar-refractivity contribution >= 4 is 27.6 Å². The summed E-state index contributed by atoms with van der Waals surface area (Å²) < 4.78 is 27.0. The Morgan fingerprint density at radius 2 is 1.39 bits per heavy atom. The summed E-state index contributed by atoms with van der Waals surface area (Å²) in [7, 11) is -3.46. The van der Waals surface area contributed by atoms with Gasteiger partial charge in [-0.3, -0.25) is 0 Å². The molecular weight excluding hydrogens is 396 g/mol. The molecule has 4 rings (SSSR count). The molecule has 1 aliphatic heterocycles. The van der Waals surface area contributed by atoms with Crippen LogP contribution >= 0.6 is 11.6 Å². The molecule has 0 radical (unpaired) electrons. The van der Waals surface area contributed by atoms with Gasteiger partial charge in [0.25, 0.3) is 0 Å². The minimum Gasteiger partial charge on any atom is -0.338 e. The summed E-state index contributed by atoms with van der Waals surface area (Å²) in [5, 5.41) is 0.685. The summed E-state index contributed by atoms with van der Waals surface area (Å²) >= 11 is 5.92. The molecule has 6 nitrogen and oxygen atoms in total. The van der Waals surface area contributed by atoms with E-state index in [1.807, 2.05) is 35.2 Å². The lowest BCUT2D eigenvalue weighted by Gasteiger charge is -2.33. The fraction of sp³-hybridized carbons (Fsp3) is 0.200. The SMILES string of the molecule is O=S(=O)(c1ccccc1)N1CCN(c2ncc(-c3ccc(Cl)cc3)cn2)CC1. The Kier molecular flexibility index (Phi) is 5.30. The molecule has 8 heteroatoms. The van der Waals surface area contributed by atoms with Gasteiger partial charge in [-0.25, -0.2) is 18.4 Å². The Balaban J connectivity index is 1.43. The second-order valence-electron chi connectivity index (χ2n) is 6.48. The molecule has 1 aliphatic rings. The van der Waals surface area contributed by atoms with E-state index in [-0.39, 0.29) is 0 Å². The Labute approximate surface area is 169 Å². The molecule has 1 saturated heterocycles. The van der Waals surface area contributed by atoms with Crippen LogP contribution in [0.15, 0.2) is 71.9 Å². The average molecular weight is 415 g/mol. The predicted molar refractivity (Wildman–Crippen MR) is 110 cm³/mol. The van der Waals surface area contributed by atoms with Crippen LogP contribution in [0.2, 0.25) is 5.02 Å². The lowest BCUT2D eigenvalue weighted by molar-refractivity contribution is 0.382. The molecule has 144 valence electrons. The first-order valence-corrected chi connectivity index (χ1v) is 10.7. The molecule has 1 fully saturated rings. The molecule has 0 unspecified atom stereocenters. The highest BCUT2D eigenvalue weighted by Crippen LogP contribution is 2.22. The number of hydrogen-bond donors (Lipinski definition) is 0. The molecular formula is C20H19ClN4O2S. The maximum Gasteiger partial charge on any atom is 0.243 e. The Hall–Kier alpha value is -2.48. The molecule has 0 aliphatic carbocycles. The molecule has 0 amide bonds. The van der Waals surface area contributed by atoms with Gasteiger partial charge in [0.1, 0.15) is 0 Å². The molecule has 0 atom stereocenters. The standard InChI is InChI=1S/C20H19ClN4O2S/c21-18-8-6-16(7-9-18)17-14-22-20(23-15-17)24-10-12-25(13-11-24)28(26,27)19-4-2-1-3-5-19/h1-9,14-15H,10-13H2. The molecule has 0 saturated carbocycles. The fourth-order valence-electron chi connectivity index (χ4n) is 3.15. The van der Waals surface area contributed by atoms with Gasteiger partial charge in [0.15, 0.2) is 0 Å². The van der Waals surface area contributed by atoms with Crippen LogP contribution in [0.5, 0.6) is 0 Å². The van der Waals surface area contributed by atoms with Crippen molar-refractivity contribution in [2.24, 2.45) is 0 Å². The van der Waals surface area contributed by atoms with Crippen LogP contribution in [0.3, 0.4) is 0 Å². The number of sulfonamides is 1. The van der Waals surface area contributed by atoms with E-state index in [1.165, 1.54) is 4.31 Å². The highest BCUT2D eigenvalue weighted by atomic mass is 35.5. The van der Waals surface area contributed by atoms with Gasteiger partial charge < -0.3 is 4.90 Å². The average Bonchev–Trinajstić information content (AvgIpc) is 2.75. The number of halogens is 1. The van der Waals surface area contributed by atoms with Gasteiger partial charge >= 0.3 is 0 Å². The zero-order valence-corrected chi connectivity index (χ0v) is 16.6. The Bertz CT molecular complexity index is 1030. The van der Waals surface area contributed by atoms with E-state index in [1.54, 1.807) is 36.7 Å². The van der Waals surface area contributed by atoms with Crippen molar-refractivity contribution < 1.29 is 8.42 Å². The van der Waals surface area contributed by atoms with Crippen LogP contribution in [0.1, 0.15) is 0 Å². The number of benzene rings is 2. The van der Waals surface area contributed by atoms with Gasteiger partial charge in [-0.1, -0.05) is 41.9 Å². The van der Waals surface area contributed by atoms with Crippen LogP contribution in [0.4, 0.5) is 5.95 Å². The third-order valence-corrected chi connectivity index (χ3v) is 6.88. The monoisotopic (exact) mass is 414 g/mol. The van der Waals surface area contributed by atoms with Gasteiger partial charge in [-0.2, -0.15) is 4.31 Å². The molecule has 28 heavy (non-hydrogen) atoms. The first-order valence-electron chi connectivity index (χ1n) is 8.92. The number of piperazine rings is 1. The van der Waals surface area contributed by atoms with E-state index in [0.717, 1.165) is 11.1 Å². The van der Waals surface area contributed by atoms with Crippen molar-refractivity contribution in [2.45, 2.75) is 4.90 Å². The second-order valence-corrected chi connectivity index (χ2v) is 8.86. The topological polar surface area (TPSA) is 66.4 Å². The summed E-state index contributed by atoms with van der Waals surface area (Å²) in [6.07, 6.45) is 3.55. The van der Waals surface area contributed by atoms with E-state index >= 15 is 0 Å². The van der Waals surface area contributed by atoms with E-state index in [4.69, 9.17) is 11.6 Å². The van der Waals surface area contributed by atoms with Crippen molar-refractivity contribution in [3.63, 3.8) is 0 Å². The number of aromatic nitrogens is 2. The highest BCUT2D eigenvalue weighted by Gasteiger charge is 2.29. The first-order chi connectivity index (χ1) is 13.5. The molecule has 0 N–H and O–H groups in total. The zero-order valence-electron chi connectivity index (χ0n) is 15.1. The van der Waals surface area contributed by atoms with Gasteiger partial charge in [-0.15, -0.1) is 0 Å². The first kappa shape index (κ1) is 18.9. The normalized spacial score (nSPS) is 15.5. The van der Waals surface area contributed by atoms with Crippen molar-refractivity contribution in [1.29, 1.82) is 0 Å². The number of anilines is 1. The third kappa shape index (κ3) is 3.87. The van der Waals surface area contributed by atoms with Gasteiger partial charge in [-0.05, 0) is 29.8 Å². The zero-order chi connectivity index (χ0) is 19.6. The van der Waals surface area contributed by atoms with Crippen LogP contribution in [-0.4, -0.2) is 48.9 Å². The lowest BCUT2D eigenvalue weighted by Crippen LogP contribution is -2.49. The van der Waals surface area contributed by atoms with Crippen LogP contribution in [0.25, 0.3) is 11.1 Å². The van der Waals surface area contributed by atoms with Crippen LogP contribution in [0, 0.1) is 0 Å². The molecule has 0 spiro atoms. The molecule has 0 bridgehead atoms. The van der Waals surface area contributed by atoms with Crippen molar-refractivity contribution in [3.05, 3.63) is 72.0 Å². The minimum atomic E-state index is -3.46. The third-order valence-electron chi connectivity index (χ3n) is 4.72. The lowest BCUT2D eigenvalue weighted by atomic mass is 10.1. The van der Waals surface area contributed by atoms with E-state index in [9.17, 15) is 8.42 Å². The summed E-state index contributed by atoms with van der Waals surface area (Å²) in [5.74, 6) is 0.606. The highest BCUT2D eigenvalue weighted by molar-refractivity contribution is 7.89. The van der Waals surface area contributed by atoms with Crippen molar-refractivity contribution in [3.8, 4) is 11.1 Å². The molecule has 3 aromatic rings. The molecule has 1 aromatic heterocycles. The molecule has 2 aromatic carbocycles. The van der Waals surface area contributed by atoms with Crippen LogP contribution in [-0.2, 0) is 10.0 Å². The molecule has 2 heterocycles.